The van der Waals surface area contributed by atoms with Gasteiger partial charge in [-0.2, -0.15) is 0 Å². The van der Waals surface area contributed by atoms with E-state index >= 15 is 0 Å². The first-order valence-corrected chi connectivity index (χ1v) is 8.59. The number of halogens is 1. The first kappa shape index (κ1) is 17.8. The summed E-state index contributed by atoms with van der Waals surface area (Å²) in [4.78, 5) is 26.3. The lowest BCUT2D eigenvalue weighted by Crippen LogP contribution is -2.41. The van der Waals surface area contributed by atoms with E-state index in [1.807, 2.05) is 37.8 Å². The number of rotatable bonds is 4. The summed E-state index contributed by atoms with van der Waals surface area (Å²) in [5, 5.41) is 3.58. The number of nitrogens with one attached hydrogen (secondary N) is 1. The summed E-state index contributed by atoms with van der Waals surface area (Å²) in [6.07, 6.45) is 2.02. The van der Waals surface area contributed by atoms with Crippen LogP contribution in [0.2, 0.25) is 5.02 Å². The van der Waals surface area contributed by atoms with Crippen molar-refractivity contribution in [2.75, 3.05) is 18.4 Å². The molecule has 4 nitrogen and oxygen atoms in total. The molecule has 1 aromatic rings. The van der Waals surface area contributed by atoms with Crippen molar-refractivity contribution >= 4 is 29.1 Å². The zero-order valence-electron chi connectivity index (χ0n) is 14.1. The van der Waals surface area contributed by atoms with Crippen molar-refractivity contribution in [1.29, 1.82) is 0 Å². The van der Waals surface area contributed by atoms with E-state index in [0.717, 1.165) is 24.1 Å². The van der Waals surface area contributed by atoms with Crippen LogP contribution in [0.1, 0.15) is 38.7 Å². The average Bonchev–Trinajstić information content (AvgIpc) is 2.50. The molecule has 1 heterocycles. The van der Waals surface area contributed by atoms with Crippen LogP contribution in [0.4, 0.5) is 5.69 Å². The fourth-order valence-corrected chi connectivity index (χ4v) is 2.96. The van der Waals surface area contributed by atoms with E-state index in [2.05, 4.69) is 5.32 Å². The Hall–Kier alpha value is -1.55. The molecule has 0 bridgehead atoms. The Morgan fingerprint density at radius 2 is 1.96 bits per heavy atom. The van der Waals surface area contributed by atoms with Gasteiger partial charge in [-0.05, 0) is 43.4 Å². The van der Waals surface area contributed by atoms with Crippen molar-refractivity contribution in [2.24, 2.45) is 11.8 Å². The molecule has 0 spiro atoms. The average molecular weight is 337 g/mol. The molecule has 0 aliphatic carbocycles. The molecule has 0 unspecified atom stereocenters. The third-order valence-corrected chi connectivity index (χ3v) is 4.65. The normalized spacial score (nSPS) is 15.8. The molecule has 0 atom stereocenters. The second-order valence-electron chi connectivity index (χ2n) is 6.71. The number of hydrogen-bond donors (Lipinski definition) is 1. The lowest BCUT2D eigenvalue weighted by atomic mass is 9.95. The maximum atomic E-state index is 12.4. The van der Waals surface area contributed by atoms with Crippen LogP contribution in [-0.2, 0) is 9.59 Å². The Balaban J connectivity index is 1.86. The first-order valence-electron chi connectivity index (χ1n) is 8.21. The number of carbonyl (C=O) groups excluding carboxylic acids is 2. The predicted molar refractivity (Wildman–Crippen MR) is 93.6 cm³/mol. The smallest absolute Gasteiger partial charge is 0.227 e. The number of piperidine rings is 1. The lowest BCUT2D eigenvalue weighted by Gasteiger charge is -2.31. The highest BCUT2D eigenvalue weighted by Gasteiger charge is 2.27. The largest absolute Gasteiger partial charge is 0.343 e. The van der Waals surface area contributed by atoms with Gasteiger partial charge in [0.2, 0.25) is 11.8 Å². The molecular formula is C18H25ClN2O2. The van der Waals surface area contributed by atoms with Crippen LogP contribution in [0.25, 0.3) is 0 Å². The number of aryl methyl sites for hydroxylation is 1. The van der Waals surface area contributed by atoms with Crippen LogP contribution in [-0.4, -0.2) is 29.8 Å². The van der Waals surface area contributed by atoms with Gasteiger partial charge in [0.1, 0.15) is 0 Å². The van der Waals surface area contributed by atoms with Crippen molar-refractivity contribution < 1.29 is 9.59 Å². The Morgan fingerprint density at radius 3 is 2.52 bits per heavy atom. The van der Waals surface area contributed by atoms with E-state index in [1.54, 1.807) is 6.07 Å². The van der Waals surface area contributed by atoms with Crippen molar-refractivity contribution in [3.63, 3.8) is 0 Å². The van der Waals surface area contributed by atoms with E-state index in [9.17, 15) is 9.59 Å². The molecule has 1 saturated heterocycles. The maximum Gasteiger partial charge on any atom is 0.227 e. The Morgan fingerprint density at radius 1 is 1.30 bits per heavy atom. The predicted octanol–water partition coefficient (Wildman–Crippen LogP) is 3.87. The van der Waals surface area contributed by atoms with Crippen LogP contribution < -0.4 is 5.32 Å². The number of amides is 2. The molecule has 5 heteroatoms. The van der Waals surface area contributed by atoms with Crippen molar-refractivity contribution in [3.8, 4) is 0 Å². The molecule has 1 fully saturated rings. The zero-order valence-corrected chi connectivity index (χ0v) is 14.8. The van der Waals surface area contributed by atoms with Gasteiger partial charge in [-0.3, -0.25) is 9.59 Å². The molecule has 1 aliphatic heterocycles. The molecular weight excluding hydrogens is 312 g/mol. The minimum Gasteiger partial charge on any atom is -0.343 e. The molecule has 1 N–H and O–H groups in total. The van der Waals surface area contributed by atoms with Crippen LogP contribution in [0.15, 0.2) is 18.2 Å². The second kappa shape index (κ2) is 7.82. The third kappa shape index (κ3) is 4.96. The summed E-state index contributed by atoms with van der Waals surface area (Å²) in [6, 6.07) is 5.53. The number of likely N-dealkylation sites (tertiary alicyclic amines) is 1. The van der Waals surface area contributed by atoms with E-state index in [4.69, 9.17) is 11.6 Å². The molecule has 23 heavy (non-hydrogen) atoms. The van der Waals surface area contributed by atoms with Gasteiger partial charge in [0.25, 0.3) is 0 Å². The minimum atomic E-state index is -0.0434. The van der Waals surface area contributed by atoms with Crippen molar-refractivity contribution in [1.82, 2.24) is 4.90 Å². The first-order chi connectivity index (χ1) is 10.9. The summed E-state index contributed by atoms with van der Waals surface area (Å²) >= 11 is 6.08. The highest BCUT2D eigenvalue weighted by Crippen LogP contribution is 2.23. The SMILES string of the molecule is Cc1ccc(NC(=O)C2CCN(C(=O)CC(C)C)CC2)cc1Cl. The van der Waals surface area contributed by atoms with Gasteiger partial charge >= 0.3 is 0 Å². The molecule has 2 rings (SSSR count). The third-order valence-electron chi connectivity index (χ3n) is 4.24. The topological polar surface area (TPSA) is 49.4 Å². The summed E-state index contributed by atoms with van der Waals surface area (Å²) in [6.45, 7) is 7.35. The Kier molecular flexibility index (Phi) is 6.05. The molecule has 0 radical (unpaired) electrons. The van der Waals surface area contributed by atoms with Crippen LogP contribution >= 0.6 is 11.6 Å². The number of benzene rings is 1. The van der Waals surface area contributed by atoms with E-state index < -0.39 is 0 Å². The molecule has 126 valence electrons. The highest BCUT2D eigenvalue weighted by molar-refractivity contribution is 6.31. The summed E-state index contributed by atoms with van der Waals surface area (Å²) in [5.41, 5.74) is 1.71. The summed E-state index contributed by atoms with van der Waals surface area (Å²) in [7, 11) is 0. The van der Waals surface area contributed by atoms with Gasteiger partial charge in [0.05, 0.1) is 0 Å². The van der Waals surface area contributed by atoms with Gasteiger partial charge in [0, 0.05) is 36.1 Å². The fraction of sp³-hybridized carbons (Fsp3) is 0.556. The summed E-state index contributed by atoms with van der Waals surface area (Å²) in [5.74, 6) is 0.540. The number of nitrogens with zero attached hydrogens (tertiary/aromatic N) is 1. The Bertz CT molecular complexity index is 578. The van der Waals surface area contributed by atoms with E-state index in [-0.39, 0.29) is 17.7 Å². The standard InChI is InChI=1S/C18H25ClN2O2/c1-12(2)10-17(22)21-8-6-14(7-9-21)18(23)20-15-5-4-13(3)16(19)11-15/h4-5,11-12,14H,6-10H2,1-3H3,(H,20,23). The van der Waals surface area contributed by atoms with Crippen molar-refractivity contribution in [2.45, 2.75) is 40.0 Å². The van der Waals surface area contributed by atoms with Crippen LogP contribution in [0, 0.1) is 18.8 Å². The summed E-state index contributed by atoms with van der Waals surface area (Å²) < 4.78 is 0. The van der Waals surface area contributed by atoms with Gasteiger partial charge in [0.15, 0.2) is 0 Å². The molecule has 1 aromatic carbocycles. The van der Waals surface area contributed by atoms with Crippen LogP contribution in [0.3, 0.4) is 0 Å². The molecule has 1 aliphatic rings. The van der Waals surface area contributed by atoms with E-state index in [1.165, 1.54) is 0 Å². The zero-order chi connectivity index (χ0) is 17.0. The molecule has 2 amide bonds. The number of anilines is 1. The van der Waals surface area contributed by atoms with Gasteiger partial charge < -0.3 is 10.2 Å². The van der Waals surface area contributed by atoms with Crippen molar-refractivity contribution in [3.05, 3.63) is 28.8 Å². The maximum absolute atomic E-state index is 12.4. The quantitative estimate of drug-likeness (QED) is 0.907. The molecule has 0 saturated carbocycles. The van der Waals surface area contributed by atoms with Crippen LogP contribution in [0.5, 0.6) is 0 Å². The fourth-order valence-electron chi connectivity index (χ4n) is 2.78. The highest BCUT2D eigenvalue weighted by atomic mass is 35.5. The molecule has 0 aromatic heterocycles. The van der Waals surface area contributed by atoms with Gasteiger partial charge in [-0.15, -0.1) is 0 Å². The monoisotopic (exact) mass is 336 g/mol. The lowest BCUT2D eigenvalue weighted by molar-refractivity contribution is -0.135. The minimum absolute atomic E-state index is 0.0147. The number of hydrogen-bond acceptors (Lipinski definition) is 2. The number of carbonyl (C=O) groups is 2. The van der Waals surface area contributed by atoms with E-state index in [0.29, 0.717) is 30.5 Å². The van der Waals surface area contributed by atoms with Gasteiger partial charge in [-0.25, -0.2) is 0 Å². The second-order valence-corrected chi connectivity index (χ2v) is 7.11. The van der Waals surface area contributed by atoms with Gasteiger partial charge in [-0.1, -0.05) is 31.5 Å². The Labute approximate surface area is 143 Å².